The van der Waals surface area contributed by atoms with Crippen LogP contribution in [0, 0.1) is 5.82 Å². The molecular formula is C25H17ClFN3O4S. The molecule has 35 heavy (non-hydrogen) atoms. The van der Waals surface area contributed by atoms with Crippen LogP contribution in [0.4, 0.5) is 15.8 Å². The minimum Gasteiger partial charge on any atom is -0.321 e. The Morgan fingerprint density at radius 1 is 0.857 bits per heavy atom. The van der Waals surface area contributed by atoms with Crippen molar-refractivity contribution >= 4 is 44.7 Å². The maximum Gasteiger partial charge on any atom is 0.275 e. The van der Waals surface area contributed by atoms with Gasteiger partial charge in [-0.1, -0.05) is 41.9 Å². The van der Waals surface area contributed by atoms with Gasteiger partial charge >= 0.3 is 0 Å². The quantitative estimate of drug-likeness (QED) is 0.335. The second-order valence-corrected chi connectivity index (χ2v) is 9.39. The molecule has 0 fully saturated rings. The zero-order valence-corrected chi connectivity index (χ0v) is 19.5. The molecule has 0 atom stereocenters. The molecule has 0 spiro atoms. The first-order chi connectivity index (χ1) is 16.7. The summed E-state index contributed by atoms with van der Waals surface area (Å²) >= 11 is 5.81. The van der Waals surface area contributed by atoms with Gasteiger partial charge < -0.3 is 5.32 Å². The summed E-state index contributed by atoms with van der Waals surface area (Å²) in [5, 5.41) is 2.89. The van der Waals surface area contributed by atoms with E-state index in [1.54, 1.807) is 30.3 Å². The van der Waals surface area contributed by atoms with Gasteiger partial charge in [-0.05, 0) is 54.6 Å². The molecule has 0 aliphatic heterocycles. The first kappa shape index (κ1) is 24.1. The lowest BCUT2D eigenvalue weighted by Crippen LogP contribution is -2.19. The fourth-order valence-corrected chi connectivity index (χ4v) is 4.51. The van der Waals surface area contributed by atoms with Crippen LogP contribution in [0.15, 0.2) is 96.0 Å². The van der Waals surface area contributed by atoms with Gasteiger partial charge in [-0.2, -0.15) is 0 Å². The van der Waals surface area contributed by atoms with Gasteiger partial charge in [-0.15, -0.1) is 0 Å². The Morgan fingerprint density at radius 3 is 2.26 bits per heavy atom. The molecule has 0 aliphatic rings. The van der Waals surface area contributed by atoms with Crippen LogP contribution in [-0.4, -0.2) is 25.1 Å². The first-order valence-corrected chi connectivity index (χ1v) is 12.0. The van der Waals surface area contributed by atoms with Gasteiger partial charge in [0.2, 0.25) is 0 Å². The van der Waals surface area contributed by atoms with Gasteiger partial charge in [0, 0.05) is 28.2 Å². The Balaban J connectivity index is 1.60. The second-order valence-electron chi connectivity index (χ2n) is 7.31. The molecule has 0 bridgehead atoms. The number of halogens is 2. The van der Waals surface area contributed by atoms with Crippen molar-refractivity contribution in [1.29, 1.82) is 0 Å². The Bertz CT molecular complexity index is 1510. The van der Waals surface area contributed by atoms with Crippen LogP contribution in [0.2, 0.25) is 5.02 Å². The number of carbonyl (C=O) groups is 2. The molecular weight excluding hydrogens is 493 g/mol. The van der Waals surface area contributed by atoms with Crippen LogP contribution >= 0.6 is 11.6 Å². The number of nitrogens with zero attached hydrogens (tertiary/aromatic N) is 1. The Labute approximate surface area is 205 Å². The molecule has 4 aromatic rings. The second kappa shape index (κ2) is 10.0. The number of benzene rings is 3. The molecule has 176 valence electrons. The van der Waals surface area contributed by atoms with Gasteiger partial charge in [0.15, 0.2) is 5.78 Å². The third kappa shape index (κ3) is 5.53. The van der Waals surface area contributed by atoms with Crippen molar-refractivity contribution in [3.8, 4) is 0 Å². The van der Waals surface area contributed by atoms with E-state index < -0.39 is 32.4 Å². The smallest absolute Gasteiger partial charge is 0.275 e. The van der Waals surface area contributed by atoms with Crippen LogP contribution in [-0.2, 0) is 10.0 Å². The Morgan fingerprint density at radius 2 is 1.54 bits per heavy atom. The SMILES string of the molecule is O=C(c1ccccc1)c1cccnc1C(=O)Nc1ccc(F)c(S(=O)(=O)Nc2ccc(Cl)cc2)c1. The van der Waals surface area contributed by atoms with Crippen molar-refractivity contribution in [2.24, 2.45) is 0 Å². The summed E-state index contributed by atoms with van der Waals surface area (Å²) in [5.41, 5.74) is 0.459. The average Bonchev–Trinajstić information content (AvgIpc) is 2.86. The van der Waals surface area contributed by atoms with E-state index in [-0.39, 0.29) is 22.6 Å². The summed E-state index contributed by atoms with van der Waals surface area (Å²) in [5.74, 6) is -2.17. The number of hydrogen-bond acceptors (Lipinski definition) is 5. The Hall–Kier alpha value is -4.08. The van der Waals surface area contributed by atoms with Crippen molar-refractivity contribution in [1.82, 2.24) is 4.98 Å². The predicted molar refractivity (Wildman–Crippen MR) is 131 cm³/mol. The number of ketones is 1. The molecule has 1 amide bonds. The zero-order valence-electron chi connectivity index (χ0n) is 17.9. The van der Waals surface area contributed by atoms with Gasteiger partial charge in [0.1, 0.15) is 16.4 Å². The van der Waals surface area contributed by atoms with E-state index >= 15 is 0 Å². The summed E-state index contributed by atoms with van der Waals surface area (Å²) in [6.45, 7) is 0. The largest absolute Gasteiger partial charge is 0.321 e. The first-order valence-electron chi connectivity index (χ1n) is 10.2. The number of sulfonamides is 1. The highest BCUT2D eigenvalue weighted by molar-refractivity contribution is 7.92. The van der Waals surface area contributed by atoms with Gasteiger partial charge in [-0.3, -0.25) is 19.3 Å². The van der Waals surface area contributed by atoms with Gasteiger partial charge in [-0.25, -0.2) is 12.8 Å². The third-order valence-corrected chi connectivity index (χ3v) is 6.53. The molecule has 0 unspecified atom stereocenters. The minimum atomic E-state index is -4.33. The molecule has 0 aliphatic carbocycles. The van der Waals surface area contributed by atoms with E-state index in [9.17, 15) is 22.4 Å². The third-order valence-electron chi connectivity index (χ3n) is 4.88. The number of aromatic nitrogens is 1. The predicted octanol–water partition coefficient (Wildman–Crippen LogP) is 5.16. The maximum absolute atomic E-state index is 14.4. The lowest BCUT2D eigenvalue weighted by molar-refractivity contribution is 0.0992. The molecule has 1 aromatic heterocycles. The number of anilines is 2. The number of carbonyl (C=O) groups excluding carboxylic acids is 2. The standard InChI is InChI=1S/C25H17ClFN3O4S/c26-17-8-10-18(11-9-17)30-35(33,34)22-15-19(12-13-21(22)27)29-25(32)23-20(7-4-14-28-23)24(31)16-5-2-1-3-6-16/h1-15,30H,(H,29,32). The fourth-order valence-electron chi connectivity index (χ4n) is 3.22. The molecule has 10 heteroatoms. The van der Waals surface area contributed by atoms with E-state index in [2.05, 4.69) is 15.0 Å². The number of rotatable bonds is 7. The van der Waals surface area contributed by atoms with Crippen molar-refractivity contribution in [2.45, 2.75) is 4.90 Å². The summed E-state index contributed by atoms with van der Waals surface area (Å²) in [6, 6.07) is 20.3. The lowest BCUT2D eigenvalue weighted by atomic mass is 10.0. The molecule has 0 saturated carbocycles. The summed E-state index contributed by atoms with van der Waals surface area (Å²) in [6.07, 6.45) is 1.35. The van der Waals surface area contributed by atoms with Crippen LogP contribution in [0.1, 0.15) is 26.4 Å². The number of amides is 1. The van der Waals surface area contributed by atoms with E-state index in [0.29, 0.717) is 10.6 Å². The molecule has 0 saturated heterocycles. The van der Waals surface area contributed by atoms with Crippen molar-refractivity contribution < 1.29 is 22.4 Å². The monoisotopic (exact) mass is 509 g/mol. The van der Waals surface area contributed by atoms with Crippen LogP contribution in [0.5, 0.6) is 0 Å². The van der Waals surface area contributed by atoms with Crippen molar-refractivity contribution in [3.63, 3.8) is 0 Å². The highest BCUT2D eigenvalue weighted by Crippen LogP contribution is 2.24. The molecule has 7 nitrogen and oxygen atoms in total. The normalized spacial score (nSPS) is 11.0. The van der Waals surface area contributed by atoms with Crippen molar-refractivity contribution in [3.05, 3.63) is 119 Å². The zero-order chi connectivity index (χ0) is 25.0. The summed E-state index contributed by atoms with van der Waals surface area (Å²) < 4.78 is 42.2. The van der Waals surface area contributed by atoms with Gasteiger partial charge in [0.05, 0.1) is 5.56 Å². The molecule has 4 rings (SSSR count). The molecule has 3 aromatic carbocycles. The van der Waals surface area contributed by atoms with Crippen LogP contribution < -0.4 is 10.0 Å². The van der Waals surface area contributed by atoms with E-state index in [0.717, 1.165) is 12.1 Å². The average molecular weight is 510 g/mol. The number of pyridine rings is 1. The molecule has 0 radical (unpaired) electrons. The number of hydrogen-bond donors (Lipinski definition) is 2. The number of nitrogens with one attached hydrogen (secondary N) is 2. The topological polar surface area (TPSA) is 105 Å². The molecule has 1 heterocycles. The molecule has 2 N–H and O–H groups in total. The maximum atomic E-state index is 14.4. The van der Waals surface area contributed by atoms with E-state index in [1.165, 1.54) is 48.7 Å². The van der Waals surface area contributed by atoms with Crippen LogP contribution in [0.25, 0.3) is 0 Å². The lowest BCUT2D eigenvalue weighted by Gasteiger charge is -2.12. The highest BCUT2D eigenvalue weighted by atomic mass is 35.5. The highest BCUT2D eigenvalue weighted by Gasteiger charge is 2.23. The van der Waals surface area contributed by atoms with E-state index in [4.69, 9.17) is 11.6 Å². The van der Waals surface area contributed by atoms with Gasteiger partial charge in [0.25, 0.3) is 15.9 Å². The minimum absolute atomic E-state index is 0.00311. The fraction of sp³-hybridized carbons (Fsp3) is 0. The van der Waals surface area contributed by atoms with E-state index in [1.807, 2.05) is 0 Å². The van der Waals surface area contributed by atoms with Crippen molar-refractivity contribution in [2.75, 3.05) is 10.0 Å². The van der Waals surface area contributed by atoms with Crippen LogP contribution in [0.3, 0.4) is 0 Å². The summed E-state index contributed by atoms with van der Waals surface area (Å²) in [7, 11) is -4.33. The Kier molecular flexibility index (Phi) is 6.90. The summed E-state index contributed by atoms with van der Waals surface area (Å²) in [4.78, 5) is 29.2.